The Kier molecular flexibility index (Phi) is 1.82. The molecule has 0 aliphatic heterocycles. The molecule has 0 atom stereocenters. The quantitative estimate of drug-likeness (QED) is 0.712. The van der Waals surface area contributed by atoms with E-state index in [1.165, 1.54) is 0 Å². The molecule has 0 saturated heterocycles. The Bertz CT molecular complexity index is 511. The normalized spacial score (nSPS) is 17.3. The van der Waals surface area contributed by atoms with Crippen LogP contribution in [0.15, 0.2) is 30.3 Å². The summed E-state index contributed by atoms with van der Waals surface area (Å²) in [4.78, 5) is 0. The lowest BCUT2D eigenvalue weighted by Crippen LogP contribution is -2.03. The number of rotatable bonds is 2. The molecule has 1 saturated carbocycles. The van der Waals surface area contributed by atoms with Gasteiger partial charge in [-0.3, -0.25) is 5.10 Å². The van der Waals surface area contributed by atoms with E-state index in [1.807, 2.05) is 24.3 Å². The van der Waals surface area contributed by atoms with Crippen LogP contribution >= 0.6 is 0 Å². The number of nitrogens with two attached hydrogens (primary N) is 1. The second-order valence-electron chi connectivity index (χ2n) is 4.32. The van der Waals surface area contributed by atoms with E-state index >= 15 is 0 Å². The Hall–Kier alpha value is -1.81. The average molecular weight is 215 g/mol. The van der Waals surface area contributed by atoms with Gasteiger partial charge in [0.1, 0.15) is 5.82 Å². The van der Waals surface area contributed by atoms with E-state index in [0.29, 0.717) is 5.82 Å². The van der Waals surface area contributed by atoms with Gasteiger partial charge in [-0.15, -0.1) is 0 Å². The summed E-state index contributed by atoms with van der Waals surface area (Å²) in [5, 5.41) is 16.7. The molecule has 1 aromatic heterocycles. The van der Waals surface area contributed by atoms with Crippen LogP contribution in [-0.4, -0.2) is 15.3 Å². The summed E-state index contributed by atoms with van der Waals surface area (Å²) in [5.74, 6) is 0.486. The van der Waals surface area contributed by atoms with Gasteiger partial charge in [-0.1, -0.05) is 24.3 Å². The summed E-state index contributed by atoms with van der Waals surface area (Å²) in [6.45, 7) is 0. The Labute approximate surface area is 93.1 Å². The van der Waals surface area contributed by atoms with Crippen molar-refractivity contribution >= 4 is 5.82 Å². The van der Waals surface area contributed by atoms with Crippen LogP contribution in [0.4, 0.5) is 5.82 Å². The zero-order chi connectivity index (χ0) is 11.2. The van der Waals surface area contributed by atoms with Crippen molar-refractivity contribution < 1.29 is 5.11 Å². The number of hydrogen-bond acceptors (Lipinski definition) is 3. The predicted octanol–water partition coefficient (Wildman–Crippen LogP) is 1.64. The number of nitrogens with zero attached hydrogens (tertiary/aromatic N) is 1. The van der Waals surface area contributed by atoms with Crippen molar-refractivity contribution in [3.05, 3.63) is 35.9 Å². The monoisotopic (exact) mass is 215 g/mol. The smallest absolute Gasteiger partial charge is 0.145 e. The highest BCUT2D eigenvalue weighted by Crippen LogP contribution is 2.45. The molecule has 0 radical (unpaired) electrons. The number of nitrogens with one attached hydrogen (secondary N) is 1. The molecule has 0 bridgehead atoms. The first-order valence-corrected chi connectivity index (χ1v) is 5.32. The molecule has 1 heterocycles. The van der Waals surface area contributed by atoms with Gasteiger partial charge >= 0.3 is 0 Å². The molecule has 4 heteroatoms. The third kappa shape index (κ3) is 1.47. The minimum atomic E-state index is -0.564. The lowest BCUT2D eigenvalue weighted by molar-refractivity contribution is 0.151. The number of anilines is 1. The molecule has 1 aliphatic carbocycles. The fourth-order valence-corrected chi connectivity index (χ4v) is 1.85. The van der Waals surface area contributed by atoms with Crippen molar-refractivity contribution in [2.45, 2.75) is 18.4 Å². The highest BCUT2D eigenvalue weighted by atomic mass is 16.3. The minimum absolute atomic E-state index is 0.486. The lowest BCUT2D eigenvalue weighted by atomic mass is 10.0. The molecule has 2 aromatic rings. The maximum absolute atomic E-state index is 9.93. The van der Waals surface area contributed by atoms with Crippen molar-refractivity contribution in [2.75, 3.05) is 5.73 Å². The van der Waals surface area contributed by atoms with Crippen molar-refractivity contribution in [1.82, 2.24) is 10.2 Å². The first-order valence-electron chi connectivity index (χ1n) is 5.32. The Morgan fingerprint density at radius 3 is 2.44 bits per heavy atom. The molecule has 82 valence electrons. The zero-order valence-electron chi connectivity index (χ0n) is 8.77. The second kappa shape index (κ2) is 3.09. The summed E-state index contributed by atoms with van der Waals surface area (Å²) in [6.07, 6.45) is 1.73. The van der Waals surface area contributed by atoms with Crippen LogP contribution in [0.2, 0.25) is 0 Å². The topological polar surface area (TPSA) is 74.9 Å². The van der Waals surface area contributed by atoms with Crippen LogP contribution in [0.25, 0.3) is 11.3 Å². The molecule has 0 unspecified atom stereocenters. The van der Waals surface area contributed by atoms with Gasteiger partial charge in [0.15, 0.2) is 0 Å². The maximum atomic E-state index is 9.93. The van der Waals surface area contributed by atoms with E-state index in [4.69, 9.17) is 5.73 Å². The Balaban J connectivity index is 1.93. The van der Waals surface area contributed by atoms with Gasteiger partial charge in [-0.2, -0.15) is 5.10 Å². The molecule has 4 nitrogen and oxygen atoms in total. The third-order valence-electron chi connectivity index (χ3n) is 3.05. The number of hydrogen-bond donors (Lipinski definition) is 3. The van der Waals surface area contributed by atoms with E-state index in [0.717, 1.165) is 29.7 Å². The second-order valence-corrected chi connectivity index (χ2v) is 4.32. The number of aliphatic hydroxyl groups is 1. The number of nitrogen functional groups attached to an aromatic ring is 1. The van der Waals surface area contributed by atoms with Gasteiger partial charge in [-0.05, 0) is 24.0 Å². The van der Waals surface area contributed by atoms with E-state index in [9.17, 15) is 5.11 Å². The van der Waals surface area contributed by atoms with Crippen LogP contribution in [-0.2, 0) is 5.60 Å². The van der Waals surface area contributed by atoms with Gasteiger partial charge in [-0.25, -0.2) is 0 Å². The van der Waals surface area contributed by atoms with E-state index in [2.05, 4.69) is 10.2 Å². The van der Waals surface area contributed by atoms with Gasteiger partial charge < -0.3 is 10.8 Å². The molecule has 3 rings (SSSR count). The van der Waals surface area contributed by atoms with E-state index < -0.39 is 5.60 Å². The van der Waals surface area contributed by atoms with Crippen LogP contribution in [0.3, 0.4) is 0 Å². The number of benzene rings is 1. The van der Waals surface area contributed by atoms with Crippen LogP contribution in [0, 0.1) is 0 Å². The molecule has 4 N–H and O–H groups in total. The van der Waals surface area contributed by atoms with Gasteiger partial charge in [0.05, 0.1) is 11.3 Å². The SMILES string of the molecule is Nc1cc(-c2ccc(C3(O)CC3)cc2)[nH]n1. The minimum Gasteiger partial charge on any atom is -0.385 e. The van der Waals surface area contributed by atoms with Crippen LogP contribution < -0.4 is 5.73 Å². The number of aromatic nitrogens is 2. The number of H-pyrrole nitrogens is 1. The van der Waals surface area contributed by atoms with Crippen molar-refractivity contribution in [3.8, 4) is 11.3 Å². The highest BCUT2D eigenvalue weighted by Gasteiger charge is 2.41. The van der Waals surface area contributed by atoms with Gasteiger partial charge in [0, 0.05) is 6.07 Å². The highest BCUT2D eigenvalue weighted by molar-refractivity contribution is 5.62. The van der Waals surface area contributed by atoms with Gasteiger partial charge in [0.25, 0.3) is 0 Å². The van der Waals surface area contributed by atoms with Crippen molar-refractivity contribution in [1.29, 1.82) is 0 Å². The third-order valence-corrected chi connectivity index (χ3v) is 3.05. The molecule has 0 spiro atoms. The fourth-order valence-electron chi connectivity index (χ4n) is 1.85. The molecular formula is C12H13N3O. The first kappa shape index (κ1) is 9.42. The van der Waals surface area contributed by atoms with E-state index in [-0.39, 0.29) is 0 Å². The Morgan fingerprint density at radius 2 is 1.94 bits per heavy atom. The average Bonchev–Trinajstić information content (AvgIpc) is 2.89. The largest absolute Gasteiger partial charge is 0.385 e. The molecule has 1 aromatic carbocycles. The molecule has 16 heavy (non-hydrogen) atoms. The van der Waals surface area contributed by atoms with Crippen LogP contribution in [0.1, 0.15) is 18.4 Å². The first-order chi connectivity index (χ1) is 7.67. The molecule has 1 fully saturated rings. The zero-order valence-corrected chi connectivity index (χ0v) is 8.77. The molecule has 1 aliphatic rings. The van der Waals surface area contributed by atoms with Crippen molar-refractivity contribution in [3.63, 3.8) is 0 Å². The Morgan fingerprint density at radius 1 is 1.25 bits per heavy atom. The summed E-state index contributed by atoms with van der Waals surface area (Å²) < 4.78 is 0. The van der Waals surface area contributed by atoms with Gasteiger partial charge in [0.2, 0.25) is 0 Å². The summed E-state index contributed by atoms with van der Waals surface area (Å²) >= 11 is 0. The standard InChI is InChI=1S/C12H13N3O/c13-11-7-10(14-15-11)8-1-3-9(4-2-8)12(16)5-6-12/h1-4,7,16H,5-6H2,(H3,13,14,15). The van der Waals surface area contributed by atoms with E-state index in [1.54, 1.807) is 6.07 Å². The molecule has 0 amide bonds. The fraction of sp³-hybridized carbons (Fsp3) is 0.250. The molecular weight excluding hydrogens is 202 g/mol. The number of aromatic amines is 1. The summed E-state index contributed by atoms with van der Waals surface area (Å²) in [5.41, 5.74) is 7.89. The van der Waals surface area contributed by atoms with Crippen LogP contribution in [0.5, 0.6) is 0 Å². The summed E-state index contributed by atoms with van der Waals surface area (Å²) in [6, 6.07) is 9.65. The lowest BCUT2D eigenvalue weighted by Gasteiger charge is -2.07. The van der Waals surface area contributed by atoms with Crippen molar-refractivity contribution in [2.24, 2.45) is 0 Å². The maximum Gasteiger partial charge on any atom is 0.145 e. The predicted molar refractivity (Wildman–Crippen MR) is 61.6 cm³/mol. The summed E-state index contributed by atoms with van der Waals surface area (Å²) in [7, 11) is 0.